The van der Waals surface area contributed by atoms with Crippen LogP contribution in [0, 0.1) is 17.2 Å². The van der Waals surface area contributed by atoms with Gasteiger partial charge in [0.2, 0.25) is 0 Å². The van der Waals surface area contributed by atoms with Gasteiger partial charge in [0.1, 0.15) is 0 Å². The summed E-state index contributed by atoms with van der Waals surface area (Å²) in [7, 11) is 0. The van der Waals surface area contributed by atoms with Crippen LogP contribution in [0.5, 0.6) is 0 Å². The van der Waals surface area contributed by atoms with Gasteiger partial charge in [0.05, 0.1) is 23.8 Å². The molecule has 2 aliphatic rings. The number of ether oxygens (including phenoxy) is 1. The van der Waals surface area contributed by atoms with Gasteiger partial charge in [0, 0.05) is 24.3 Å². The summed E-state index contributed by atoms with van der Waals surface area (Å²) in [5.74, 6) is 0.353. The fourth-order valence-electron chi connectivity index (χ4n) is 3.11. The highest BCUT2D eigenvalue weighted by Gasteiger charge is 2.51. The van der Waals surface area contributed by atoms with Crippen molar-refractivity contribution in [2.45, 2.75) is 31.0 Å². The summed E-state index contributed by atoms with van der Waals surface area (Å²) >= 11 is 0. The van der Waals surface area contributed by atoms with Crippen LogP contribution in [0.4, 0.5) is 10.5 Å². The number of carbonyl (C=O) groups excluding carboxylic acids is 1. The summed E-state index contributed by atoms with van der Waals surface area (Å²) in [6.07, 6.45) is 2.13. The third kappa shape index (κ3) is 2.71. The van der Waals surface area contributed by atoms with E-state index in [0.29, 0.717) is 17.2 Å². The van der Waals surface area contributed by atoms with E-state index >= 15 is 0 Å². The Bertz CT molecular complexity index is 583. The number of nitrogens with one attached hydrogen (secondary N) is 2. The summed E-state index contributed by atoms with van der Waals surface area (Å²) in [6, 6.07) is 8.30. The van der Waals surface area contributed by atoms with Gasteiger partial charge in [-0.25, -0.2) is 4.79 Å². The Hall–Kier alpha value is -2.10. The summed E-state index contributed by atoms with van der Waals surface area (Å²) in [6.45, 7) is 0.734. The van der Waals surface area contributed by atoms with Crippen LogP contribution in [-0.4, -0.2) is 30.8 Å². The van der Waals surface area contributed by atoms with Gasteiger partial charge in [-0.2, -0.15) is 5.26 Å². The van der Waals surface area contributed by atoms with Crippen molar-refractivity contribution in [1.82, 2.24) is 5.32 Å². The number of nitrogens with two attached hydrogens (primary N) is 1. The van der Waals surface area contributed by atoms with Crippen molar-refractivity contribution in [3.05, 3.63) is 29.8 Å². The van der Waals surface area contributed by atoms with Gasteiger partial charge in [-0.15, -0.1) is 0 Å². The fraction of sp³-hybridized carbons (Fsp3) is 0.467. The molecule has 1 aliphatic heterocycles. The van der Waals surface area contributed by atoms with E-state index in [9.17, 15) is 4.79 Å². The van der Waals surface area contributed by atoms with Crippen LogP contribution in [0.25, 0.3) is 0 Å². The molecule has 4 N–H and O–H groups in total. The lowest BCUT2D eigenvalue weighted by molar-refractivity contribution is -0.116. The summed E-state index contributed by atoms with van der Waals surface area (Å²) in [4.78, 5) is 12.0. The predicted octanol–water partition coefficient (Wildman–Crippen LogP) is 1.18. The Morgan fingerprint density at radius 2 is 2.33 bits per heavy atom. The Labute approximate surface area is 123 Å². The minimum atomic E-state index is -0.321. The zero-order valence-electron chi connectivity index (χ0n) is 11.6. The van der Waals surface area contributed by atoms with Crippen molar-refractivity contribution in [3.8, 4) is 6.07 Å². The van der Waals surface area contributed by atoms with Crippen LogP contribution < -0.4 is 16.4 Å². The number of nitrogens with zero attached hydrogens (tertiary/aromatic N) is 1. The van der Waals surface area contributed by atoms with Gasteiger partial charge in [-0.3, -0.25) is 0 Å². The van der Waals surface area contributed by atoms with Crippen LogP contribution in [0.3, 0.4) is 0 Å². The zero-order valence-corrected chi connectivity index (χ0v) is 11.6. The molecule has 1 aromatic carbocycles. The molecule has 1 saturated carbocycles. The van der Waals surface area contributed by atoms with Gasteiger partial charge in [-0.1, -0.05) is 6.07 Å². The number of hydrogen-bond acceptors (Lipinski definition) is 4. The quantitative estimate of drug-likeness (QED) is 0.760. The molecule has 6 heteroatoms. The molecule has 0 spiro atoms. The first-order valence-corrected chi connectivity index (χ1v) is 7.14. The molecule has 1 saturated heterocycles. The lowest BCUT2D eigenvalue weighted by Gasteiger charge is -2.52. The number of amides is 2. The lowest BCUT2D eigenvalue weighted by atomic mass is 9.69. The second kappa shape index (κ2) is 5.72. The van der Waals surface area contributed by atoms with E-state index in [4.69, 9.17) is 15.7 Å². The molecule has 2 amide bonds. The first-order chi connectivity index (χ1) is 10.2. The van der Waals surface area contributed by atoms with Crippen molar-refractivity contribution in [3.63, 3.8) is 0 Å². The maximum atomic E-state index is 12.0. The number of nitriles is 1. The second-order valence-corrected chi connectivity index (χ2v) is 5.54. The van der Waals surface area contributed by atoms with Crippen molar-refractivity contribution in [2.24, 2.45) is 11.7 Å². The molecule has 1 aromatic rings. The molecular formula is C15H18N4O2. The van der Waals surface area contributed by atoms with Crippen LogP contribution in [-0.2, 0) is 4.74 Å². The van der Waals surface area contributed by atoms with E-state index in [0.717, 1.165) is 19.4 Å². The van der Waals surface area contributed by atoms with E-state index in [-0.39, 0.29) is 24.2 Å². The van der Waals surface area contributed by atoms with Crippen LogP contribution in [0.1, 0.15) is 18.4 Å². The van der Waals surface area contributed by atoms with E-state index in [1.807, 2.05) is 6.07 Å². The van der Waals surface area contributed by atoms with Gasteiger partial charge >= 0.3 is 6.03 Å². The highest BCUT2D eigenvalue weighted by molar-refractivity contribution is 5.89. The van der Waals surface area contributed by atoms with Crippen LogP contribution in [0.2, 0.25) is 0 Å². The topological polar surface area (TPSA) is 100 Å². The molecular weight excluding hydrogens is 268 g/mol. The number of anilines is 1. The van der Waals surface area contributed by atoms with Crippen molar-refractivity contribution < 1.29 is 9.53 Å². The minimum Gasteiger partial charge on any atom is -0.376 e. The fourth-order valence-corrected chi connectivity index (χ4v) is 3.11. The predicted molar refractivity (Wildman–Crippen MR) is 77.5 cm³/mol. The first-order valence-electron chi connectivity index (χ1n) is 7.14. The number of rotatable bonds is 2. The van der Waals surface area contributed by atoms with Crippen molar-refractivity contribution in [2.75, 3.05) is 11.9 Å². The molecule has 4 atom stereocenters. The molecule has 1 aliphatic carbocycles. The lowest BCUT2D eigenvalue weighted by Crippen LogP contribution is -2.72. The second-order valence-electron chi connectivity index (χ2n) is 5.54. The molecule has 0 bridgehead atoms. The number of benzene rings is 1. The molecule has 4 unspecified atom stereocenters. The van der Waals surface area contributed by atoms with Gasteiger partial charge in [-0.05, 0) is 31.0 Å². The van der Waals surface area contributed by atoms with Crippen molar-refractivity contribution in [1.29, 1.82) is 5.26 Å². The van der Waals surface area contributed by atoms with Crippen molar-refractivity contribution >= 4 is 11.7 Å². The molecule has 0 aromatic heterocycles. The number of fused-ring (bicyclic) bond motifs is 1. The smallest absolute Gasteiger partial charge is 0.319 e. The van der Waals surface area contributed by atoms with Gasteiger partial charge < -0.3 is 21.1 Å². The largest absolute Gasteiger partial charge is 0.376 e. The number of carbonyl (C=O) groups is 1. The summed E-state index contributed by atoms with van der Waals surface area (Å²) < 4.78 is 5.68. The highest BCUT2D eigenvalue weighted by Crippen LogP contribution is 2.36. The van der Waals surface area contributed by atoms with E-state index in [1.165, 1.54) is 0 Å². The zero-order chi connectivity index (χ0) is 14.8. The van der Waals surface area contributed by atoms with Crippen LogP contribution in [0.15, 0.2) is 24.3 Å². The minimum absolute atomic E-state index is 0.0324. The maximum Gasteiger partial charge on any atom is 0.319 e. The number of hydrogen-bond donors (Lipinski definition) is 3. The number of urea groups is 1. The third-order valence-corrected chi connectivity index (χ3v) is 4.22. The molecule has 110 valence electrons. The SMILES string of the molecule is N#Cc1cccc(NC(=O)NC2C(N)C3CCCOC32)c1. The standard InChI is InChI=1S/C15H18N4O2/c16-8-9-3-1-4-10(7-9)18-15(20)19-13-12(17)11-5-2-6-21-14(11)13/h1,3-4,7,11-14H,2,5-6,17H2,(H2,18,19,20). The van der Waals surface area contributed by atoms with Gasteiger partial charge in [0.15, 0.2) is 0 Å². The van der Waals surface area contributed by atoms with E-state index < -0.39 is 0 Å². The first kappa shape index (κ1) is 13.9. The normalized spacial score (nSPS) is 30.5. The molecule has 1 heterocycles. The maximum absolute atomic E-state index is 12.0. The Morgan fingerprint density at radius 3 is 3.14 bits per heavy atom. The summed E-state index contributed by atoms with van der Waals surface area (Å²) in [5.41, 5.74) is 7.19. The molecule has 0 radical (unpaired) electrons. The molecule has 6 nitrogen and oxygen atoms in total. The molecule has 2 fully saturated rings. The Morgan fingerprint density at radius 1 is 1.48 bits per heavy atom. The molecule has 21 heavy (non-hydrogen) atoms. The summed E-state index contributed by atoms with van der Waals surface area (Å²) in [5, 5.41) is 14.4. The Balaban J connectivity index is 1.58. The monoisotopic (exact) mass is 286 g/mol. The van der Waals surface area contributed by atoms with Crippen LogP contribution >= 0.6 is 0 Å². The van der Waals surface area contributed by atoms with E-state index in [2.05, 4.69) is 10.6 Å². The average Bonchev–Trinajstić information content (AvgIpc) is 2.52. The third-order valence-electron chi connectivity index (χ3n) is 4.22. The Kier molecular flexibility index (Phi) is 3.78. The highest BCUT2D eigenvalue weighted by atomic mass is 16.5. The van der Waals surface area contributed by atoms with E-state index in [1.54, 1.807) is 24.3 Å². The average molecular weight is 286 g/mol. The molecule has 3 rings (SSSR count). The van der Waals surface area contributed by atoms with Gasteiger partial charge in [0.25, 0.3) is 0 Å².